The van der Waals surface area contributed by atoms with Crippen molar-refractivity contribution in [3.8, 4) is 0 Å². The maximum absolute atomic E-state index is 13.4. The monoisotopic (exact) mass is 1110 g/mol. The largest absolute Gasteiger partial charge is 0.481 e. The minimum atomic E-state index is -1.64. The molecular formula is C62H88N6O12. The van der Waals surface area contributed by atoms with E-state index < -0.39 is 60.6 Å². The number of ether oxygens (including phenoxy) is 2. The third-order valence-corrected chi connectivity index (χ3v) is 15.4. The summed E-state index contributed by atoms with van der Waals surface area (Å²) in [6.07, 6.45) is 16.4. The fourth-order valence-corrected chi connectivity index (χ4v) is 10.7. The Bertz CT molecular complexity index is 2900. The first kappa shape index (κ1) is 64.2. The minimum Gasteiger partial charge on any atom is -0.481 e. The average Bonchev–Trinajstić information content (AvgIpc) is 4.22. The Morgan fingerprint density at radius 1 is 0.487 bits per heavy atom. The molecule has 0 saturated carbocycles. The molecule has 2 aliphatic heterocycles. The van der Waals surface area contributed by atoms with Gasteiger partial charge in [0.2, 0.25) is 11.8 Å². The highest BCUT2D eigenvalue weighted by Gasteiger charge is 2.28. The number of aryl methyl sites for hydroxylation is 2. The summed E-state index contributed by atoms with van der Waals surface area (Å²) in [5, 5.41) is 42.8. The van der Waals surface area contributed by atoms with Crippen LogP contribution in [0.25, 0.3) is 44.4 Å². The number of carbonyl (C=O) groups is 6. The number of H-pyrrole nitrogens is 2. The molecule has 3 aromatic rings. The van der Waals surface area contributed by atoms with Crippen LogP contribution in [0.3, 0.4) is 0 Å². The molecule has 5 rings (SSSR count). The Kier molecular flexibility index (Phi) is 25.6. The van der Waals surface area contributed by atoms with Crippen LogP contribution in [-0.2, 0) is 38.2 Å². The van der Waals surface area contributed by atoms with Gasteiger partial charge in [-0.25, -0.2) is 19.6 Å². The number of carboxylic acid groups (broad SMARTS) is 4. The van der Waals surface area contributed by atoms with Gasteiger partial charge in [0.15, 0.2) is 0 Å². The number of aromatic amines is 2. The Morgan fingerprint density at radius 2 is 0.838 bits per heavy atom. The summed E-state index contributed by atoms with van der Waals surface area (Å²) >= 11 is 0. The van der Waals surface area contributed by atoms with Crippen LogP contribution >= 0.6 is 0 Å². The third-order valence-electron chi connectivity index (χ3n) is 15.4. The highest BCUT2D eigenvalue weighted by molar-refractivity contribution is 5.97. The number of aliphatic carboxylic acids is 4. The number of fused-ring (bicyclic) bond motifs is 8. The molecule has 0 aliphatic carbocycles. The number of amides is 2. The van der Waals surface area contributed by atoms with Gasteiger partial charge < -0.3 is 50.5 Å². The molecule has 0 radical (unpaired) electrons. The Labute approximate surface area is 471 Å². The lowest BCUT2D eigenvalue weighted by Gasteiger charge is -2.14. The highest BCUT2D eigenvalue weighted by atomic mass is 16.5. The zero-order chi connectivity index (χ0) is 58.5. The van der Waals surface area contributed by atoms with Crippen LogP contribution in [0.4, 0.5) is 0 Å². The lowest BCUT2D eigenvalue weighted by Crippen LogP contribution is -2.42. The molecule has 8 N–H and O–H groups in total. The van der Waals surface area contributed by atoms with Crippen LogP contribution in [0.5, 0.6) is 0 Å². The normalized spacial score (nSPS) is 14.0. The summed E-state index contributed by atoms with van der Waals surface area (Å²) in [4.78, 5) is 91.4. The van der Waals surface area contributed by atoms with Gasteiger partial charge >= 0.3 is 23.9 Å². The summed E-state index contributed by atoms with van der Waals surface area (Å²) in [6, 6.07) is 4.55. The van der Waals surface area contributed by atoms with E-state index in [0.29, 0.717) is 47.1 Å². The minimum absolute atomic E-state index is 0.0836. The average molecular weight is 1110 g/mol. The molecule has 8 bridgehead atoms. The Hall–Kier alpha value is -6.66. The SMILES string of the molecule is CCCCCCCCCCOC(C)c1c(C)c2cc3[nH]c(cc4nc(cc5nc(cc1[nH]2)C(C)=C5CCC(=O)N[C@@H](CC(=O)O)C(=O)O)C(CCC(=O)N[C@@H](CC(=O)O)C(=O)O)=C4C)c(C)c3C(C)OCCCCCCCCCC. The molecule has 4 atom stereocenters. The zero-order valence-corrected chi connectivity index (χ0v) is 48.5. The maximum atomic E-state index is 13.4. The second kappa shape index (κ2) is 32.0. The van der Waals surface area contributed by atoms with Crippen LogP contribution in [0.1, 0.15) is 240 Å². The van der Waals surface area contributed by atoms with E-state index in [1.54, 1.807) is 6.07 Å². The van der Waals surface area contributed by atoms with Crippen LogP contribution in [0.15, 0.2) is 24.3 Å². The van der Waals surface area contributed by atoms with E-state index in [2.05, 4.69) is 68.2 Å². The van der Waals surface area contributed by atoms with Crippen molar-refractivity contribution in [3.05, 3.63) is 69.3 Å². The fourth-order valence-electron chi connectivity index (χ4n) is 10.7. The quantitative estimate of drug-likeness (QED) is 0.0251. The van der Waals surface area contributed by atoms with Crippen molar-refractivity contribution in [3.63, 3.8) is 0 Å². The van der Waals surface area contributed by atoms with E-state index in [4.69, 9.17) is 19.4 Å². The van der Waals surface area contributed by atoms with Crippen LogP contribution in [0, 0.1) is 13.8 Å². The molecule has 18 heteroatoms. The molecule has 2 aliphatic rings. The molecule has 2 unspecified atom stereocenters. The summed E-state index contributed by atoms with van der Waals surface area (Å²) in [6.45, 7) is 17.7. The molecule has 438 valence electrons. The summed E-state index contributed by atoms with van der Waals surface area (Å²) in [5.41, 5.74) is 12.0. The molecular weight excluding hydrogens is 1020 g/mol. The Morgan fingerprint density at radius 3 is 1.21 bits per heavy atom. The van der Waals surface area contributed by atoms with Gasteiger partial charge in [-0.15, -0.1) is 0 Å². The van der Waals surface area contributed by atoms with Crippen molar-refractivity contribution in [2.24, 2.45) is 0 Å². The molecule has 0 fully saturated rings. The molecule has 18 nitrogen and oxygen atoms in total. The van der Waals surface area contributed by atoms with Gasteiger partial charge in [0.25, 0.3) is 0 Å². The number of hydrogen-bond donors (Lipinski definition) is 8. The maximum Gasteiger partial charge on any atom is 0.326 e. The van der Waals surface area contributed by atoms with Crippen LogP contribution in [-0.4, -0.2) is 101 Å². The van der Waals surface area contributed by atoms with Gasteiger partial charge in [0, 0.05) is 59.2 Å². The van der Waals surface area contributed by atoms with Crippen molar-refractivity contribution in [1.29, 1.82) is 0 Å². The lowest BCUT2D eigenvalue weighted by atomic mass is 9.97. The first-order valence-corrected chi connectivity index (χ1v) is 29.1. The number of aromatic nitrogens is 4. The molecule has 80 heavy (non-hydrogen) atoms. The topological polar surface area (TPSA) is 283 Å². The zero-order valence-electron chi connectivity index (χ0n) is 48.5. The van der Waals surface area contributed by atoms with Crippen molar-refractivity contribution in [1.82, 2.24) is 30.6 Å². The van der Waals surface area contributed by atoms with Gasteiger partial charge in [-0.2, -0.15) is 0 Å². The van der Waals surface area contributed by atoms with Crippen molar-refractivity contribution in [2.75, 3.05) is 13.2 Å². The molecule has 0 saturated heterocycles. The van der Waals surface area contributed by atoms with E-state index in [9.17, 15) is 49.2 Å². The van der Waals surface area contributed by atoms with Gasteiger partial charge in [-0.05, 0) is 125 Å². The van der Waals surface area contributed by atoms with E-state index in [1.165, 1.54) is 70.6 Å². The third kappa shape index (κ3) is 18.7. The Balaban J connectivity index is 1.68. The second-order valence-electron chi connectivity index (χ2n) is 21.6. The van der Waals surface area contributed by atoms with Crippen molar-refractivity contribution in [2.45, 2.75) is 221 Å². The van der Waals surface area contributed by atoms with Crippen molar-refractivity contribution < 1.29 is 58.7 Å². The van der Waals surface area contributed by atoms with Gasteiger partial charge in [-0.3, -0.25) is 19.2 Å². The number of hydrogen-bond acceptors (Lipinski definition) is 10. The summed E-state index contributed by atoms with van der Waals surface area (Å²) < 4.78 is 13.3. The van der Waals surface area contributed by atoms with Crippen LogP contribution in [0.2, 0.25) is 0 Å². The highest BCUT2D eigenvalue weighted by Crippen LogP contribution is 2.40. The number of allylic oxidation sites excluding steroid dienone is 4. The van der Waals surface area contributed by atoms with E-state index in [1.807, 2.05) is 26.0 Å². The molecule has 0 spiro atoms. The molecule has 2 amide bonds. The first-order valence-electron chi connectivity index (χ1n) is 29.1. The van der Waals surface area contributed by atoms with Gasteiger partial charge in [-0.1, -0.05) is 104 Å². The standard InChI is InChI=1S/C62H88N6O12/c1-9-11-13-15-17-19-21-23-29-79-41(7)59-39(5)47-31-45-37(3)43(25-27-55(69)67-53(61(75)76)35-57(71)72)49(63-45)34-50-44(26-28-56(70)68-54(62(77)78)36-58(73)74)38(4)46(64-50)32-51-60(40(6)48(66-51)33-52(59)65-47)42(8)80-30-24-22-20-18-16-14-12-10-2/h31-34,41-42,53-54,65-66H,9-30,35-36H2,1-8H3,(H,67,69)(H,68,70)(H,71,72)(H,73,74)(H,75,76)(H,77,78)/t41?,42?,53-,54-/m0/s1. The molecule has 5 heterocycles. The smallest absolute Gasteiger partial charge is 0.326 e. The number of carboxylic acids is 4. The fraction of sp³-hybridized carbons (Fsp3) is 0.581. The predicted octanol–water partition coefficient (Wildman–Crippen LogP) is 12.9. The first-order chi connectivity index (χ1) is 38.2. The number of nitrogens with one attached hydrogen (secondary N) is 4. The number of nitrogens with zero attached hydrogens (tertiary/aromatic N) is 2. The number of unbranched alkanes of at least 4 members (excludes halogenated alkanes) is 14. The number of rotatable bonds is 36. The van der Waals surface area contributed by atoms with Gasteiger partial charge in [0.1, 0.15) is 12.1 Å². The summed E-state index contributed by atoms with van der Waals surface area (Å²) in [7, 11) is 0. The molecule has 3 aromatic heterocycles. The van der Waals surface area contributed by atoms with E-state index in [0.717, 1.165) is 87.6 Å². The predicted molar refractivity (Wildman–Crippen MR) is 312 cm³/mol. The van der Waals surface area contributed by atoms with Crippen molar-refractivity contribution >= 4 is 80.1 Å². The van der Waals surface area contributed by atoms with Gasteiger partial charge in [0.05, 0.1) is 47.8 Å². The number of carbonyl (C=O) groups excluding carboxylic acids is 2. The van der Waals surface area contributed by atoms with E-state index >= 15 is 0 Å². The second-order valence-corrected chi connectivity index (χ2v) is 21.6. The van der Waals surface area contributed by atoms with E-state index in [-0.39, 0.29) is 37.9 Å². The molecule has 0 aromatic carbocycles. The summed E-state index contributed by atoms with van der Waals surface area (Å²) in [5.74, 6) is -7.03. The van der Waals surface area contributed by atoms with Crippen LogP contribution < -0.4 is 10.6 Å². The lowest BCUT2D eigenvalue weighted by molar-refractivity contribution is -0.147.